The summed E-state index contributed by atoms with van der Waals surface area (Å²) in [5.74, 6) is 0.209. The molecule has 17 heavy (non-hydrogen) atoms. The highest BCUT2D eigenvalue weighted by Crippen LogP contribution is 2.41. The summed E-state index contributed by atoms with van der Waals surface area (Å²) in [5, 5.41) is 8.93. The standard InChI is InChI=1S/C12H13BrO4/c1-6(12(14)15)3-8-4-9-11(17-5-16-9)7(2)10(8)13/h4,6H,3,5H2,1-2H3,(H,14,15). The molecule has 0 spiro atoms. The van der Waals surface area contributed by atoms with Gasteiger partial charge in [-0.1, -0.05) is 22.9 Å². The van der Waals surface area contributed by atoms with Crippen molar-refractivity contribution in [2.45, 2.75) is 20.3 Å². The first-order valence-electron chi connectivity index (χ1n) is 5.31. The molecule has 1 aromatic rings. The lowest BCUT2D eigenvalue weighted by Crippen LogP contribution is -2.12. The van der Waals surface area contributed by atoms with Gasteiger partial charge in [0.2, 0.25) is 6.79 Å². The molecule has 0 amide bonds. The summed E-state index contributed by atoms with van der Waals surface area (Å²) in [5.41, 5.74) is 1.88. The summed E-state index contributed by atoms with van der Waals surface area (Å²) in [6, 6.07) is 1.85. The number of hydrogen-bond acceptors (Lipinski definition) is 3. The molecular weight excluding hydrogens is 288 g/mol. The molecule has 1 atom stereocenters. The predicted octanol–water partition coefficient (Wildman–Crippen LogP) is 2.75. The second kappa shape index (κ2) is 4.56. The highest BCUT2D eigenvalue weighted by molar-refractivity contribution is 9.10. The predicted molar refractivity (Wildman–Crippen MR) is 65.5 cm³/mol. The van der Waals surface area contributed by atoms with Gasteiger partial charge in [-0.25, -0.2) is 0 Å². The van der Waals surface area contributed by atoms with Crippen molar-refractivity contribution >= 4 is 21.9 Å². The monoisotopic (exact) mass is 300 g/mol. The number of carboxylic acids is 1. The number of ether oxygens (including phenoxy) is 2. The van der Waals surface area contributed by atoms with E-state index in [1.807, 2.05) is 13.0 Å². The molecule has 4 nitrogen and oxygen atoms in total. The quantitative estimate of drug-likeness (QED) is 0.932. The first kappa shape index (κ1) is 12.2. The van der Waals surface area contributed by atoms with E-state index in [1.54, 1.807) is 6.92 Å². The van der Waals surface area contributed by atoms with Crippen molar-refractivity contribution < 1.29 is 19.4 Å². The molecule has 2 rings (SSSR count). The fourth-order valence-electron chi connectivity index (χ4n) is 1.82. The number of carbonyl (C=O) groups is 1. The molecule has 92 valence electrons. The van der Waals surface area contributed by atoms with E-state index in [-0.39, 0.29) is 6.79 Å². The fraction of sp³-hybridized carbons (Fsp3) is 0.417. The summed E-state index contributed by atoms with van der Waals surface area (Å²) in [6.07, 6.45) is 0.466. The second-order valence-corrected chi connectivity index (χ2v) is 4.94. The van der Waals surface area contributed by atoms with Gasteiger partial charge in [-0.2, -0.15) is 0 Å². The summed E-state index contributed by atoms with van der Waals surface area (Å²) in [4.78, 5) is 10.9. The molecule has 0 aliphatic carbocycles. The van der Waals surface area contributed by atoms with Crippen LogP contribution in [0.15, 0.2) is 10.5 Å². The number of aliphatic carboxylic acids is 1. The van der Waals surface area contributed by atoms with Gasteiger partial charge in [-0.3, -0.25) is 4.79 Å². The van der Waals surface area contributed by atoms with Gasteiger partial charge in [0.25, 0.3) is 0 Å². The number of carboxylic acid groups (broad SMARTS) is 1. The van der Waals surface area contributed by atoms with E-state index in [4.69, 9.17) is 14.6 Å². The maximum Gasteiger partial charge on any atom is 0.306 e. The normalized spacial score (nSPS) is 14.8. The Hall–Kier alpha value is -1.23. The summed E-state index contributed by atoms with van der Waals surface area (Å²) in [6.45, 7) is 3.84. The summed E-state index contributed by atoms with van der Waals surface area (Å²) >= 11 is 3.48. The van der Waals surface area contributed by atoms with Gasteiger partial charge in [-0.15, -0.1) is 0 Å². The van der Waals surface area contributed by atoms with Gasteiger partial charge < -0.3 is 14.6 Å². The van der Waals surface area contributed by atoms with Crippen LogP contribution in [-0.2, 0) is 11.2 Å². The van der Waals surface area contributed by atoms with Crippen molar-refractivity contribution in [1.82, 2.24) is 0 Å². The van der Waals surface area contributed by atoms with E-state index in [2.05, 4.69) is 15.9 Å². The van der Waals surface area contributed by atoms with E-state index in [9.17, 15) is 4.79 Å². The molecule has 0 aromatic heterocycles. The zero-order chi connectivity index (χ0) is 12.6. The van der Waals surface area contributed by atoms with Crippen LogP contribution < -0.4 is 9.47 Å². The Balaban J connectivity index is 2.36. The molecule has 0 saturated carbocycles. The summed E-state index contributed by atoms with van der Waals surface area (Å²) < 4.78 is 11.6. The van der Waals surface area contributed by atoms with Gasteiger partial charge in [-0.05, 0) is 25.0 Å². The molecule has 1 heterocycles. The van der Waals surface area contributed by atoms with Crippen molar-refractivity contribution in [2.75, 3.05) is 6.79 Å². The van der Waals surface area contributed by atoms with Crippen LogP contribution in [0.25, 0.3) is 0 Å². The van der Waals surface area contributed by atoms with Crippen LogP contribution in [0, 0.1) is 12.8 Å². The molecule has 1 aliphatic heterocycles. The average molecular weight is 301 g/mol. The van der Waals surface area contributed by atoms with E-state index in [0.717, 1.165) is 21.3 Å². The van der Waals surface area contributed by atoms with Crippen LogP contribution in [-0.4, -0.2) is 17.9 Å². The molecule has 0 radical (unpaired) electrons. The Morgan fingerprint density at radius 2 is 2.29 bits per heavy atom. The van der Waals surface area contributed by atoms with E-state index in [1.165, 1.54) is 0 Å². The minimum Gasteiger partial charge on any atom is -0.481 e. The molecule has 0 bridgehead atoms. The van der Waals surface area contributed by atoms with Gasteiger partial charge in [0.05, 0.1) is 5.92 Å². The molecule has 5 heteroatoms. The van der Waals surface area contributed by atoms with Gasteiger partial charge in [0.15, 0.2) is 11.5 Å². The van der Waals surface area contributed by atoms with Crippen LogP contribution >= 0.6 is 15.9 Å². The van der Waals surface area contributed by atoms with Crippen molar-refractivity contribution in [3.63, 3.8) is 0 Å². The van der Waals surface area contributed by atoms with Crippen molar-refractivity contribution in [3.8, 4) is 11.5 Å². The molecule has 0 fully saturated rings. The lowest BCUT2D eigenvalue weighted by atomic mass is 9.99. The molecule has 1 N–H and O–H groups in total. The number of halogens is 1. The topological polar surface area (TPSA) is 55.8 Å². The number of benzene rings is 1. The third-order valence-corrected chi connectivity index (χ3v) is 3.95. The zero-order valence-corrected chi connectivity index (χ0v) is 11.2. The molecule has 0 saturated heterocycles. The minimum absolute atomic E-state index is 0.223. The number of hydrogen-bond donors (Lipinski definition) is 1. The Kier molecular flexibility index (Phi) is 3.28. The summed E-state index contributed by atoms with van der Waals surface area (Å²) in [7, 11) is 0. The van der Waals surface area contributed by atoms with Gasteiger partial charge in [0, 0.05) is 10.0 Å². The Morgan fingerprint density at radius 1 is 1.59 bits per heavy atom. The van der Waals surface area contributed by atoms with Crippen LogP contribution in [0.4, 0.5) is 0 Å². The van der Waals surface area contributed by atoms with Crippen LogP contribution in [0.1, 0.15) is 18.1 Å². The molecule has 1 aromatic carbocycles. The lowest BCUT2D eigenvalue weighted by Gasteiger charge is -2.12. The van der Waals surface area contributed by atoms with E-state index < -0.39 is 11.9 Å². The highest BCUT2D eigenvalue weighted by Gasteiger charge is 2.22. The first-order valence-corrected chi connectivity index (χ1v) is 6.10. The van der Waals surface area contributed by atoms with Crippen LogP contribution in [0.3, 0.4) is 0 Å². The maximum atomic E-state index is 10.9. The van der Waals surface area contributed by atoms with Gasteiger partial charge >= 0.3 is 5.97 Å². The molecular formula is C12H13BrO4. The largest absolute Gasteiger partial charge is 0.481 e. The number of rotatable bonds is 3. The minimum atomic E-state index is -0.799. The molecule has 1 unspecified atom stereocenters. The smallest absolute Gasteiger partial charge is 0.306 e. The zero-order valence-electron chi connectivity index (χ0n) is 9.62. The first-order chi connectivity index (χ1) is 8.00. The third kappa shape index (κ3) is 2.24. The van der Waals surface area contributed by atoms with Crippen molar-refractivity contribution in [2.24, 2.45) is 5.92 Å². The third-order valence-electron chi connectivity index (χ3n) is 2.85. The maximum absolute atomic E-state index is 10.9. The average Bonchev–Trinajstić information content (AvgIpc) is 2.73. The molecule has 1 aliphatic rings. The fourth-order valence-corrected chi connectivity index (χ4v) is 2.27. The van der Waals surface area contributed by atoms with Crippen LogP contribution in [0.2, 0.25) is 0 Å². The Bertz CT molecular complexity index is 470. The highest BCUT2D eigenvalue weighted by atomic mass is 79.9. The van der Waals surface area contributed by atoms with E-state index in [0.29, 0.717) is 12.2 Å². The van der Waals surface area contributed by atoms with Crippen molar-refractivity contribution in [1.29, 1.82) is 0 Å². The Labute approximate surface area is 108 Å². The van der Waals surface area contributed by atoms with Gasteiger partial charge in [0.1, 0.15) is 0 Å². The van der Waals surface area contributed by atoms with E-state index >= 15 is 0 Å². The second-order valence-electron chi connectivity index (χ2n) is 4.15. The Morgan fingerprint density at radius 3 is 2.94 bits per heavy atom. The van der Waals surface area contributed by atoms with Crippen LogP contribution in [0.5, 0.6) is 11.5 Å². The number of fused-ring (bicyclic) bond motifs is 1. The SMILES string of the molecule is Cc1c(Br)c(CC(C)C(=O)O)cc2c1OCO2. The van der Waals surface area contributed by atoms with Crippen molar-refractivity contribution in [3.05, 3.63) is 21.7 Å². The lowest BCUT2D eigenvalue weighted by molar-refractivity contribution is -0.141.